The molecule has 0 heterocycles. The summed E-state index contributed by atoms with van der Waals surface area (Å²) in [5, 5.41) is 14.3. The Bertz CT molecular complexity index is 598. The number of hydrogen-bond donors (Lipinski definition) is 3. The Morgan fingerprint density at radius 3 is 2.20 bits per heavy atom. The molecule has 0 aliphatic rings. The zero-order valence-electron chi connectivity index (χ0n) is 15.0. The first kappa shape index (κ1) is 20.6. The third-order valence-corrected chi connectivity index (χ3v) is 3.77. The van der Waals surface area contributed by atoms with Gasteiger partial charge in [-0.25, -0.2) is 4.79 Å². The second-order valence-corrected chi connectivity index (χ2v) is 6.24. The molecule has 0 aliphatic heterocycles. The van der Waals surface area contributed by atoms with Crippen molar-refractivity contribution < 1.29 is 24.2 Å². The van der Waals surface area contributed by atoms with Crippen LogP contribution in [0.2, 0.25) is 0 Å². The maximum atomic E-state index is 12.5. The first-order chi connectivity index (χ1) is 11.8. The highest BCUT2D eigenvalue weighted by Gasteiger charge is 2.28. The molecule has 3 N–H and O–H groups in total. The lowest BCUT2D eigenvalue weighted by molar-refractivity contribution is -0.142. The van der Waals surface area contributed by atoms with Crippen molar-refractivity contribution in [2.75, 3.05) is 13.7 Å². The van der Waals surface area contributed by atoms with Crippen molar-refractivity contribution in [2.24, 2.45) is 5.92 Å². The number of nitrogens with one attached hydrogen (secondary N) is 2. The fraction of sp³-hybridized carbons (Fsp3) is 0.500. The Morgan fingerprint density at radius 2 is 1.72 bits per heavy atom. The average Bonchev–Trinajstić information content (AvgIpc) is 2.56. The van der Waals surface area contributed by atoms with Gasteiger partial charge >= 0.3 is 5.97 Å². The predicted octanol–water partition coefficient (Wildman–Crippen LogP) is 1.36. The van der Waals surface area contributed by atoms with Crippen LogP contribution in [0.15, 0.2) is 24.3 Å². The van der Waals surface area contributed by atoms with Gasteiger partial charge in [-0.3, -0.25) is 9.59 Å². The molecule has 0 spiro atoms. The van der Waals surface area contributed by atoms with Gasteiger partial charge < -0.3 is 20.5 Å². The number of carboxylic acid groups (broad SMARTS) is 1. The van der Waals surface area contributed by atoms with Gasteiger partial charge in [0, 0.05) is 25.7 Å². The standard InChI is InChI=1S/C18H26N2O5/c1-11(2)15(17(22)19-14(18(23)24)9-10-25-4)20-16(21)13-7-5-12(3)6-8-13/h5-8,11,14-15H,9-10H2,1-4H3,(H,19,22)(H,20,21)(H,23,24). The second kappa shape index (κ2) is 9.78. The van der Waals surface area contributed by atoms with Crippen LogP contribution in [0.3, 0.4) is 0 Å². The molecule has 0 aliphatic carbocycles. The lowest BCUT2D eigenvalue weighted by Crippen LogP contribution is -2.53. The van der Waals surface area contributed by atoms with Gasteiger partial charge in [-0.05, 0) is 25.0 Å². The van der Waals surface area contributed by atoms with Crippen LogP contribution in [0.4, 0.5) is 0 Å². The molecule has 2 atom stereocenters. The number of aliphatic carboxylic acids is 1. The average molecular weight is 350 g/mol. The van der Waals surface area contributed by atoms with Crippen molar-refractivity contribution >= 4 is 17.8 Å². The molecule has 138 valence electrons. The zero-order valence-corrected chi connectivity index (χ0v) is 15.0. The van der Waals surface area contributed by atoms with E-state index in [1.165, 1.54) is 7.11 Å². The molecule has 7 nitrogen and oxygen atoms in total. The number of rotatable bonds is 9. The van der Waals surface area contributed by atoms with Gasteiger partial charge in [0.25, 0.3) is 5.91 Å². The topological polar surface area (TPSA) is 105 Å². The van der Waals surface area contributed by atoms with E-state index in [9.17, 15) is 19.5 Å². The van der Waals surface area contributed by atoms with E-state index < -0.39 is 24.0 Å². The Balaban J connectivity index is 2.80. The van der Waals surface area contributed by atoms with Crippen molar-refractivity contribution in [3.63, 3.8) is 0 Å². The minimum absolute atomic E-state index is 0.147. The van der Waals surface area contributed by atoms with Crippen LogP contribution in [-0.2, 0) is 14.3 Å². The number of carboxylic acids is 1. The van der Waals surface area contributed by atoms with E-state index in [-0.39, 0.29) is 24.9 Å². The lowest BCUT2D eigenvalue weighted by atomic mass is 10.0. The highest BCUT2D eigenvalue weighted by molar-refractivity contribution is 5.98. The van der Waals surface area contributed by atoms with Crippen LogP contribution >= 0.6 is 0 Å². The molecule has 0 saturated heterocycles. The van der Waals surface area contributed by atoms with Gasteiger partial charge in [0.2, 0.25) is 5.91 Å². The van der Waals surface area contributed by atoms with Crippen molar-refractivity contribution in [3.8, 4) is 0 Å². The van der Waals surface area contributed by atoms with Crippen LogP contribution in [0, 0.1) is 12.8 Å². The normalized spacial score (nSPS) is 13.2. The van der Waals surface area contributed by atoms with E-state index in [2.05, 4.69) is 10.6 Å². The molecule has 2 unspecified atom stereocenters. The Kier molecular flexibility index (Phi) is 8.07. The number of amides is 2. The third kappa shape index (κ3) is 6.54. The molecule has 1 aromatic carbocycles. The van der Waals surface area contributed by atoms with Crippen molar-refractivity contribution in [1.29, 1.82) is 0 Å². The minimum Gasteiger partial charge on any atom is -0.480 e. The molecule has 2 amide bonds. The van der Waals surface area contributed by atoms with E-state index in [4.69, 9.17) is 4.74 Å². The van der Waals surface area contributed by atoms with Crippen LogP contribution in [0.25, 0.3) is 0 Å². The van der Waals surface area contributed by atoms with Crippen LogP contribution in [-0.4, -0.2) is 48.7 Å². The molecule has 25 heavy (non-hydrogen) atoms. The minimum atomic E-state index is -1.14. The Morgan fingerprint density at radius 1 is 1.12 bits per heavy atom. The summed E-state index contributed by atoms with van der Waals surface area (Å²) in [5.74, 6) is -2.25. The van der Waals surface area contributed by atoms with Gasteiger partial charge in [0.15, 0.2) is 0 Å². The highest BCUT2D eigenvalue weighted by atomic mass is 16.5. The van der Waals surface area contributed by atoms with E-state index in [1.807, 2.05) is 19.1 Å². The predicted molar refractivity (Wildman–Crippen MR) is 93.3 cm³/mol. The number of methoxy groups -OCH3 is 1. The van der Waals surface area contributed by atoms with Gasteiger partial charge in [0.1, 0.15) is 12.1 Å². The summed E-state index contributed by atoms with van der Waals surface area (Å²) < 4.78 is 4.86. The summed E-state index contributed by atoms with van der Waals surface area (Å²) >= 11 is 0. The molecular weight excluding hydrogens is 324 g/mol. The summed E-state index contributed by atoms with van der Waals surface area (Å²) in [6.45, 7) is 5.69. The number of carbonyl (C=O) groups is 3. The van der Waals surface area contributed by atoms with Crippen LogP contribution in [0.5, 0.6) is 0 Å². The molecule has 0 radical (unpaired) electrons. The summed E-state index contributed by atoms with van der Waals surface area (Å²) in [6.07, 6.45) is 0.147. The first-order valence-corrected chi connectivity index (χ1v) is 8.16. The first-order valence-electron chi connectivity index (χ1n) is 8.16. The molecule has 1 rings (SSSR count). The van der Waals surface area contributed by atoms with E-state index in [0.29, 0.717) is 5.56 Å². The summed E-state index contributed by atoms with van der Waals surface area (Å²) in [7, 11) is 1.46. The number of benzene rings is 1. The maximum Gasteiger partial charge on any atom is 0.326 e. The SMILES string of the molecule is COCCC(NC(=O)C(NC(=O)c1ccc(C)cc1)C(C)C)C(=O)O. The van der Waals surface area contributed by atoms with Gasteiger partial charge in [-0.1, -0.05) is 31.5 Å². The fourth-order valence-electron chi connectivity index (χ4n) is 2.22. The Labute approximate surface area is 147 Å². The largest absolute Gasteiger partial charge is 0.480 e. The van der Waals surface area contributed by atoms with Gasteiger partial charge in [-0.2, -0.15) is 0 Å². The van der Waals surface area contributed by atoms with Crippen LogP contribution in [0.1, 0.15) is 36.2 Å². The quantitative estimate of drug-likeness (QED) is 0.624. The van der Waals surface area contributed by atoms with E-state index in [1.54, 1.807) is 26.0 Å². The highest BCUT2D eigenvalue weighted by Crippen LogP contribution is 2.08. The fourth-order valence-corrected chi connectivity index (χ4v) is 2.22. The van der Waals surface area contributed by atoms with E-state index >= 15 is 0 Å². The van der Waals surface area contributed by atoms with Gasteiger partial charge in [0.05, 0.1) is 0 Å². The van der Waals surface area contributed by atoms with Crippen molar-refractivity contribution in [3.05, 3.63) is 35.4 Å². The summed E-state index contributed by atoms with van der Waals surface area (Å²) in [5.41, 5.74) is 1.47. The zero-order chi connectivity index (χ0) is 19.0. The third-order valence-electron chi connectivity index (χ3n) is 3.77. The molecule has 7 heteroatoms. The van der Waals surface area contributed by atoms with Crippen LogP contribution < -0.4 is 10.6 Å². The van der Waals surface area contributed by atoms with Gasteiger partial charge in [-0.15, -0.1) is 0 Å². The molecule has 0 fully saturated rings. The summed E-state index contributed by atoms with van der Waals surface area (Å²) in [4.78, 5) is 36.0. The number of ether oxygens (including phenoxy) is 1. The smallest absolute Gasteiger partial charge is 0.326 e. The molecule has 1 aromatic rings. The molecule has 0 aromatic heterocycles. The van der Waals surface area contributed by atoms with Crippen molar-refractivity contribution in [2.45, 2.75) is 39.3 Å². The molecular formula is C18H26N2O5. The maximum absolute atomic E-state index is 12.5. The number of aryl methyl sites for hydroxylation is 1. The Hall–Kier alpha value is -2.41. The monoisotopic (exact) mass is 350 g/mol. The summed E-state index contributed by atoms with van der Waals surface area (Å²) in [6, 6.07) is 5.08. The second-order valence-electron chi connectivity index (χ2n) is 6.24. The molecule has 0 saturated carbocycles. The number of hydrogen-bond acceptors (Lipinski definition) is 4. The molecule has 0 bridgehead atoms. The lowest BCUT2D eigenvalue weighted by Gasteiger charge is -2.24. The van der Waals surface area contributed by atoms with E-state index in [0.717, 1.165) is 5.56 Å². The number of carbonyl (C=O) groups excluding carboxylic acids is 2. The van der Waals surface area contributed by atoms with Crippen molar-refractivity contribution in [1.82, 2.24) is 10.6 Å².